The Bertz CT molecular complexity index is 1160. The molecule has 0 saturated carbocycles. The maximum atomic E-state index is 13.4. The van der Waals surface area contributed by atoms with Gasteiger partial charge in [0.05, 0.1) is 18.1 Å². The molecule has 0 spiro atoms. The lowest BCUT2D eigenvalue weighted by Gasteiger charge is -2.26. The molecule has 4 rings (SSSR count). The Morgan fingerprint density at radius 3 is 2.64 bits per heavy atom. The summed E-state index contributed by atoms with van der Waals surface area (Å²) in [6.45, 7) is 3.81. The molecule has 1 atom stereocenters. The third-order valence-electron chi connectivity index (χ3n) is 5.12. The van der Waals surface area contributed by atoms with Crippen molar-refractivity contribution in [2.75, 3.05) is 11.5 Å². The van der Waals surface area contributed by atoms with E-state index in [4.69, 9.17) is 20.4 Å². The zero-order valence-electron chi connectivity index (χ0n) is 15.6. The Labute approximate surface area is 168 Å². The molecule has 8 heteroatoms. The highest BCUT2D eigenvalue weighted by Crippen LogP contribution is 2.31. The minimum absolute atomic E-state index is 0.0520. The van der Waals surface area contributed by atoms with E-state index in [2.05, 4.69) is 0 Å². The highest BCUT2D eigenvalue weighted by Gasteiger charge is 2.37. The summed E-state index contributed by atoms with van der Waals surface area (Å²) in [6, 6.07) is 8.38. The van der Waals surface area contributed by atoms with Crippen molar-refractivity contribution >= 4 is 38.3 Å². The standard InChI is InChI=1S/C20H20ClNO5S/c1-12-3-5-16(26-12)10-22(15-7-8-28(24,25)11-15)20(23)19-13(2)17-9-14(21)4-6-18(17)27-19/h3-6,9,15H,7-8,10-11H2,1-2H3/t15-/m1/s1. The molecule has 0 unspecified atom stereocenters. The molecule has 0 aliphatic carbocycles. The minimum atomic E-state index is -3.16. The van der Waals surface area contributed by atoms with E-state index in [9.17, 15) is 13.2 Å². The fourth-order valence-electron chi connectivity index (χ4n) is 3.65. The Morgan fingerprint density at radius 2 is 2.00 bits per heavy atom. The summed E-state index contributed by atoms with van der Waals surface area (Å²) in [5.74, 6) is 1.21. The van der Waals surface area contributed by atoms with Crippen LogP contribution in [0.3, 0.4) is 0 Å². The highest BCUT2D eigenvalue weighted by molar-refractivity contribution is 7.91. The van der Waals surface area contributed by atoms with Crippen molar-refractivity contribution in [1.29, 1.82) is 0 Å². The molecule has 3 heterocycles. The maximum Gasteiger partial charge on any atom is 0.290 e. The zero-order chi connectivity index (χ0) is 20.1. The number of fused-ring (bicyclic) bond motifs is 1. The first kappa shape index (κ1) is 19.1. The number of rotatable bonds is 4. The molecule has 1 aliphatic heterocycles. The van der Waals surface area contributed by atoms with E-state index in [1.807, 2.05) is 13.0 Å². The van der Waals surface area contributed by atoms with Gasteiger partial charge in [0.25, 0.3) is 5.91 Å². The summed E-state index contributed by atoms with van der Waals surface area (Å²) in [5, 5.41) is 1.32. The fraction of sp³-hybridized carbons (Fsp3) is 0.350. The van der Waals surface area contributed by atoms with Crippen molar-refractivity contribution in [2.45, 2.75) is 32.9 Å². The number of carbonyl (C=O) groups is 1. The number of carbonyl (C=O) groups excluding carboxylic acids is 1. The maximum absolute atomic E-state index is 13.4. The SMILES string of the molecule is Cc1ccc(CN(C(=O)c2oc3ccc(Cl)cc3c2C)[C@@H]2CCS(=O)(=O)C2)o1. The number of halogens is 1. The molecule has 2 aromatic heterocycles. The molecule has 148 valence electrons. The van der Waals surface area contributed by atoms with Crippen LogP contribution in [0.2, 0.25) is 5.02 Å². The quantitative estimate of drug-likeness (QED) is 0.632. The molecular weight excluding hydrogens is 402 g/mol. The molecular formula is C20H20ClNO5S. The van der Waals surface area contributed by atoms with Gasteiger partial charge < -0.3 is 13.7 Å². The first-order chi connectivity index (χ1) is 13.2. The first-order valence-corrected chi connectivity index (χ1v) is 11.2. The minimum Gasteiger partial charge on any atom is -0.464 e. The van der Waals surface area contributed by atoms with Crippen molar-refractivity contribution in [3.63, 3.8) is 0 Å². The van der Waals surface area contributed by atoms with Crippen molar-refractivity contribution < 1.29 is 22.0 Å². The first-order valence-electron chi connectivity index (χ1n) is 8.99. The van der Waals surface area contributed by atoms with Crippen LogP contribution in [0, 0.1) is 13.8 Å². The van der Waals surface area contributed by atoms with E-state index >= 15 is 0 Å². The topological polar surface area (TPSA) is 80.7 Å². The van der Waals surface area contributed by atoms with Gasteiger partial charge in [-0.2, -0.15) is 0 Å². The Kier molecular flexibility index (Phi) is 4.75. The fourth-order valence-corrected chi connectivity index (χ4v) is 5.56. The monoisotopic (exact) mass is 421 g/mol. The van der Waals surface area contributed by atoms with Gasteiger partial charge in [0.2, 0.25) is 0 Å². The largest absolute Gasteiger partial charge is 0.464 e. The van der Waals surface area contributed by atoms with Crippen LogP contribution in [0.15, 0.2) is 39.2 Å². The molecule has 3 aromatic rings. The highest BCUT2D eigenvalue weighted by atomic mass is 35.5. The number of hydrogen-bond donors (Lipinski definition) is 0. The Hall–Kier alpha value is -2.25. The van der Waals surface area contributed by atoms with Gasteiger partial charge >= 0.3 is 0 Å². The van der Waals surface area contributed by atoms with Crippen LogP contribution in [-0.4, -0.2) is 36.8 Å². The second kappa shape index (κ2) is 6.97. The average molecular weight is 422 g/mol. The van der Waals surface area contributed by atoms with Crippen LogP contribution in [0.5, 0.6) is 0 Å². The lowest BCUT2D eigenvalue weighted by molar-refractivity contribution is 0.0634. The predicted octanol–water partition coefficient (Wildman–Crippen LogP) is 4.13. The summed E-state index contributed by atoms with van der Waals surface area (Å²) in [4.78, 5) is 14.9. The lowest BCUT2D eigenvalue weighted by Crippen LogP contribution is -2.40. The van der Waals surface area contributed by atoms with Crippen LogP contribution in [0.1, 0.15) is 34.1 Å². The second-order valence-electron chi connectivity index (χ2n) is 7.20. The summed E-state index contributed by atoms with van der Waals surface area (Å²) >= 11 is 6.07. The summed E-state index contributed by atoms with van der Waals surface area (Å²) in [6.07, 6.45) is 0.402. The molecule has 0 N–H and O–H groups in total. The molecule has 1 saturated heterocycles. The summed E-state index contributed by atoms with van der Waals surface area (Å²) in [5.41, 5.74) is 1.25. The molecule has 1 aliphatic rings. The predicted molar refractivity (Wildman–Crippen MR) is 106 cm³/mol. The van der Waals surface area contributed by atoms with Gasteiger partial charge in [-0.1, -0.05) is 11.6 Å². The van der Waals surface area contributed by atoms with Gasteiger partial charge in [0.15, 0.2) is 15.6 Å². The second-order valence-corrected chi connectivity index (χ2v) is 9.86. The van der Waals surface area contributed by atoms with Gasteiger partial charge in [-0.25, -0.2) is 8.42 Å². The van der Waals surface area contributed by atoms with Crippen molar-refractivity contribution in [2.24, 2.45) is 0 Å². The smallest absolute Gasteiger partial charge is 0.290 e. The van der Waals surface area contributed by atoms with E-state index in [0.717, 1.165) is 11.1 Å². The van der Waals surface area contributed by atoms with E-state index in [1.54, 1.807) is 36.1 Å². The average Bonchev–Trinajstić information content (AvgIpc) is 3.30. The van der Waals surface area contributed by atoms with Gasteiger partial charge in [-0.05, 0) is 50.6 Å². The van der Waals surface area contributed by atoms with E-state index in [0.29, 0.717) is 28.4 Å². The number of hydrogen-bond acceptors (Lipinski definition) is 5. The molecule has 1 amide bonds. The van der Waals surface area contributed by atoms with Crippen LogP contribution in [0.25, 0.3) is 11.0 Å². The summed E-state index contributed by atoms with van der Waals surface area (Å²) in [7, 11) is -3.16. The molecule has 0 bridgehead atoms. The number of nitrogens with zero attached hydrogens (tertiary/aromatic N) is 1. The molecule has 0 radical (unpaired) electrons. The number of sulfone groups is 1. The van der Waals surface area contributed by atoms with E-state index in [-0.39, 0.29) is 29.7 Å². The van der Waals surface area contributed by atoms with Gasteiger partial charge in [0, 0.05) is 22.0 Å². The van der Waals surface area contributed by atoms with Crippen LogP contribution < -0.4 is 0 Å². The number of furan rings is 2. The van der Waals surface area contributed by atoms with Crippen LogP contribution in [-0.2, 0) is 16.4 Å². The molecule has 1 fully saturated rings. The van der Waals surface area contributed by atoms with Crippen molar-refractivity contribution in [3.05, 3.63) is 58.2 Å². The summed E-state index contributed by atoms with van der Waals surface area (Å²) < 4.78 is 35.5. The number of amides is 1. The zero-order valence-corrected chi connectivity index (χ0v) is 17.1. The normalized spacial score (nSPS) is 18.6. The number of aryl methyl sites for hydroxylation is 2. The molecule has 28 heavy (non-hydrogen) atoms. The third-order valence-corrected chi connectivity index (χ3v) is 7.11. The molecule has 1 aromatic carbocycles. The molecule has 6 nitrogen and oxygen atoms in total. The van der Waals surface area contributed by atoms with Gasteiger partial charge in [-0.15, -0.1) is 0 Å². The van der Waals surface area contributed by atoms with Gasteiger partial charge in [0.1, 0.15) is 17.1 Å². The Morgan fingerprint density at radius 1 is 1.21 bits per heavy atom. The van der Waals surface area contributed by atoms with Crippen molar-refractivity contribution in [1.82, 2.24) is 4.90 Å². The Balaban J connectivity index is 1.73. The van der Waals surface area contributed by atoms with Crippen LogP contribution >= 0.6 is 11.6 Å². The third kappa shape index (κ3) is 3.56. The van der Waals surface area contributed by atoms with Crippen LogP contribution in [0.4, 0.5) is 0 Å². The van der Waals surface area contributed by atoms with Crippen molar-refractivity contribution in [3.8, 4) is 0 Å². The van der Waals surface area contributed by atoms with Gasteiger partial charge in [-0.3, -0.25) is 4.79 Å². The van der Waals surface area contributed by atoms with E-state index < -0.39 is 15.9 Å². The lowest BCUT2D eigenvalue weighted by atomic mass is 10.1. The number of benzene rings is 1. The van der Waals surface area contributed by atoms with E-state index in [1.165, 1.54) is 0 Å².